The molecule has 4 nitrogen and oxygen atoms in total. The lowest BCUT2D eigenvalue weighted by atomic mass is 9.91. The normalized spacial score (nSPS) is 30.2. The molecule has 2 saturated heterocycles. The van der Waals surface area contributed by atoms with E-state index in [0.29, 0.717) is 23.8 Å². The standard InChI is InChI=1S/C16H30N2O2/c1-5-14-16(19)18(15(17-14)10-11(2)3)12(4)13-6-8-20-9-7-13/h11-15,17H,5-10H2,1-4H3. The summed E-state index contributed by atoms with van der Waals surface area (Å²) in [5.41, 5.74) is 0. The van der Waals surface area contributed by atoms with E-state index >= 15 is 0 Å². The van der Waals surface area contributed by atoms with Crippen LogP contribution in [0, 0.1) is 11.8 Å². The Kier molecular flexibility index (Phi) is 5.44. The molecule has 0 aromatic carbocycles. The average Bonchev–Trinajstić information content (AvgIpc) is 2.74. The molecule has 2 aliphatic rings. The van der Waals surface area contributed by atoms with Gasteiger partial charge in [-0.25, -0.2) is 0 Å². The van der Waals surface area contributed by atoms with Crippen LogP contribution in [-0.4, -0.2) is 42.3 Å². The molecule has 1 N–H and O–H groups in total. The molecule has 2 fully saturated rings. The summed E-state index contributed by atoms with van der Waals surface area (Å²) in [7, 11) is 0. The second kappa shape index (κ2) is 6.90. The van der Waals surface area contributed by atoms with Crippen molar-refractivity contribution in [2.24, 2.45) is 11.8 Å². The van der Waals surface area contributed by atoms with E-state index < -0.39 is 0 Å². The van der Waals surface area contributed by atoms with Crippen LogP contribution in [-0.2, 0) is 9.53 Å². The summed E-state index contributed by atoms with van der Waals surface area (Å²) in [5, 5.41) is 3.54. The van der Waals surface area contributed by atoms with Gasteiger partial charge in [-0.2, -0.15) is 0 Å². The fourth-order valence-electron chi connectivity index (χ4n) is 3.55. The first-order chi connectivity index (χ1) is 9.54. The number of ether oxygens (including phenoxy) is 1. The highest BCUT2D eigenvalue weighted by molar-refractivity contribution is 5.84. The Morgan fingerprint density at radius 1 is 1.30 bits per heavy atom. The second-order valence-electron chi connectivity index (χ2n) is 6.71. The molecule has 4 heteroatoms. The Hall–Kier alpha value is -0.610. The molecule has 0 aromatic rings. The van der Waals surface area contributed by atoms with E-state index in [2.05, 4.69) is 37.9 Å². The second-order valence-corrected chi connectivity index (χ2v) is 6.71. The summed E-state index contributed by atoms with van der Waals surface area (Å²) in [6, 6.07) is 0.334. The van der Waals surface area contributed by atoms with Gasteiger partial charge >= 0.3 is 0 Å². The number of nitrogens with one attached hydrogen (secondary N) is 1. The minimum Gasteiger partial charge on any atom is -0.381 e. The van der Waals surface area contributed by atoms with Gasteiger partial charge in [0.15, 0.2) is 0 Å². The third-order valence-electron chi connectivity index (χ3n) is 4.77. The summed E-state index contributed by atoms with van der Waals surface area (Å²) < 4.78 is 5.45. The average molecular weight is 282 g/mol. The maximum absolute atomic E-state index is 12.6. The van der Waals surface area contributed by atoms with Gasteiger partial charge in [-0.3, -0.25) is 10.1 Å². The van der Waals surface area contributed by atoms with Gasteiger partial charge in [0.2, 0.25) is 5.91 Å². The van der Waals surface area contributed by atoms with Crippen LogP contribution in [0.15, 0.2) is 0 Å². The number of nitrogens with zero attached hydrogens (tertiary/aromatic N) is 1. The topological polar surface area (TPSA) is 41.6 Å². The molecule has 3 unspecified atom stereocenters. The van der Waals surface area contributed by atoms with E-state index in [4.69, 9.17) is 4.74 Å². The smallest absolute Gasteiger partial charge is 0.241 e. The van der Waals surface area contributed by atoms with Gasteiger partial charge in [0.1, 0.15) is 0 Å². The number of hydrogen-bond donors (Lipinski definition) is 1. The zero-order valence-electron chi connectivity index (χ0n) is 13.4. The molecule has 0 aliphatic carbocycles. The Labute approximate surface area is 123 Å². The molecule has 0 aromatic heterocycles. The third kappa shape index (κ3) is 3.34. The van der Waals surface area contributed by atoms with Crippen molar-refractivity contribution in [2.75, 3.05) is 13.2 Å². The zero-order valence-corrected chi connectivity index (χ0v) is 13.4. The molecule has 0 radical (unpaired) electrons. The first-order valence-electron chi connectivity index (χ1n) is 8.20. The molecule has 116 valence electrons. The molecule has 2 rings (SSSR count). The molecule has 0 bridgehead atoms. The van der Waals surface area contributed by atoms with Crippen LogP contribution < -0.4 is 5.32 Å². The summed E-state index contributed by atoms with van der Waals surface area (Å²) in [6.45, 7) is 10.4. The van der Waals surface area contributed by atoms with Crippen LogP contribution in [0.25, 0.3) is 0 Å². The lowest BCUT2D eigenvalue weighted by molar-refractivity contribution is -0.134. The number of carbonyl (C=O) groups excluding carboxylic acids is 1. The molecule has 2 aliphatic heterocycles. The summed E-state index contributed by atoms with van der Waals surface area (Å²) in [6.07, 6.45) is 4.29. The van der Waals surface area contributed by atoms with E-state index in [1.54, 1.807) is 0 Å². The van der Waals surface area contributed by atoms with E-state index in [-0.39, 0.29) is 12.2 Å². The number of amides is 1. The van der Waals surface area contributed by atoms with Crippen molar-refractivity contribution in [3.05, 3.63) is 0 Å². The molecular formula is C16H30N2O2. The van der Waals surface area contributed by atoms with Gasteiger partial charge in [0.05, 0.1) is 12.2 Å². The molecule has 0 spiro atoms. The van der Waals surface area contributed by atoms with Gasteiger partial charge < -0.3 is 9.64 Å². The zero-order chi connectivity index (χ0) is 14.7. The highest BCUT2D eigenvalue weighted by Gasteiger charge is 2.42. The Balaban J connectivity index is 2.09. The summed E-state index contributed by atoms with van der Waals surface area (Å²) >= 11 is 0. The lowest BCUT2D eigenvalue weighted by Gasteiger charge is -2.37. The molecule has 1 amide bonds. The Bertz CT molecular complexity index is 326. The number of hydrogen-bond acceptors (Lipinski definition) is 3. The fourth-order valence-corrected chi connectivity index (χ4v) is 3.55. The number of carbonyl (C=O) groups is 1. The summed E-state index contributed by atoms with van der Waals surface area (Å²) in [4.78, 5) is 14.8. The minimum atomic E-state index is 0.0149. The predicted octanol–water partition coefficient (Wildman–Crippen LogP) is 2.38. The molecule has 0 saturated carbocycles. The third-order valence-corrected chi connectivity index (χ3v) is 4.77. The first-order valence-corrected chi connectivity index (χ1v) is 8.20. The largest absolute Gasteiger partial charge is 0.381 e. The highest BCUT2D eigenvalue weighted by Crippen LogP contribution is 2.29. The van der Waals surface area contributed by atoms with Crippen molar-refractivity contribution in [3.8, 4) is 0 Å². The van der Waals surface area contributed by atoms with Crippen molar-refractivity contribution in [1.29, 1.82) is 0 Å². The quantitative estimate of drug-likeness (QED) is 0.842. The van der Waals surface area contributed by atoms with Crippen molar-refractivity contribution < 1.29 is 9.53 Å². The maximum Gasteiger partial charge on any atom is 0.241 e. The molecule has 2 heterocycles. The van der Waals surface area contributed by atoms with Gasteiger partial charge in [0.25, 0.3) is 0 Å². The molecule has 3 atom stereocenters. The van der Waals surface area contributed by atoms with E-state index in [0.717, 1.165) is 38.9 Å². The molecule has 20 heavy (non-hydrogen) atoms. The van der Waals surface area contributed by atoms with Gasteiger partial charge in [0, 0.05) is 19.3 Å². The van der Waals surface area contributed by atoms with Gasteiger partial charge in [-0.1, -0.05) is 20.8 Å². The Morgan fingerprint density at radius 3 is 2.50 bits per heavy atom. The van der Waals surface area contributed by atoms with E-state index in [9.17, 15) is 4.79 Å². The SMILES string of the molecule is CCC1NC(CC(C)C)N(C(C)C2CCOCC2)C1=O. The highest BCUT2D eigenvalue weighted by atomic mass is 16.5. The monoisotopic (exact) mass is 282 g/mol. The van der Waals surface area contributed by atoms with E-state index in [1.165, 1.54) is 0 Å². The van der Waals surface area contributed by atoms with Crippen molar-refractivity contribution in [3.63, 3.8) is 0 Å². The summed E-state index contributed by atoms with van der Waals surface area (Å²) in [5.74, 6) is 1.48. The van der Waals surface area contributed by atoms with Crippen molar-refractivity contribution in [2.45, 2.75) is 71.6 Å². The predicted molar refractivity (Wildman–Crippen MR) is 80.3 cm³/mol. The van der Waals surface area contributed by atoms with Gasteiger partial charge in [-0.15, -0.1) is 0 Å². The molecular weight excluding hydrogens is 252 g/mol. The van der Waals surface area contributed by atoms with Crippen molar-refractivity contribution >= 4 is 5.91 Å². The van der Waals surface area contributed by atoms with Crippen LogP contribution in [0.2, 0.25) is 0 Å². The van der Waals surface area contributed by atoms with Crippen LogP contribution in [0.5, 0.6) is 0 Å². The minimum absolute atomic E-state index is 0.0149. The van der Waals surface area contributed by atoms with Crippen LogP contribution in [0.3, 0.4) is 0 Å². The maximum atomic E-state index is 12.6. The van der Waals surface area contributed by atoms with Crippen molar-refractivity contribution in [1.82, 2.24) is 10.2 Å². The fraction of sp³-hybridized carbons (Fsp3) is 0.938. The van der Waals surface area contributed by atoms with Crippen LogP contribution >= 0.6 is 0 Å². The number of rotatable bonds is 5. The van der Waals surface area contributed by atoms with Crippen LogP contribution in [0.1, 0.15) is 53.4 Å². The lowest BCUT2D eigenvalue weighted by Crippen LogP contribution is -2.48. The Morgan fingerprint density at radius 2 is 1.95 bits per heavy atom. The van der Waals surface area contributed by atoms with E-state index in [1.807, 2.05) is 0 Å². The van der Waals surface area contributed by atoms with Gasteiger partial charge in [-0.05, 0) is 44.4 Å². The first kappa shape index (κ1) is 15.8. The van der Waals surface area contributed by atoms with Crippen LogP contribution in [0.4, 0.5) is 0 Å².